The van der Waals surface area contributed by atoms with Gasteiger partial charge in [-0.3, -0.25) is 10.1 Å². The molecule has 1 aromatic heterocycles. The van der Waals surface area contributed by atoms with E-state index in [0.29, 0.717) is 0 Å². The number of hydrogen-bond acceptors (Lipinski definition) is 4. The molecule has 0 radical (unpaired) electrons. The van der Waals surface area contributed by atoms with Crippen LogP contribution in [0.2, 0.25) is 0 Å². The number of hydrogen-bond donors (Lipinski definition) is 1. The summed E-state index contributed by atoms with van der Waals surface area (Å²) in [6, 6.07) is 4.17. The minimum Gasteiger partial charge on any atom is -0.319 e. The third-order valence-electron chi connectivity index (χ3n) is 4.73. The van der Waals surface area contributed by atoms with Crippen LogP contribution >= 0.6 is 11.3 Å². The predicted octanol–water partition coefficient (Wildman–Crippen LogP) is 2.05. The zero-order chi connectivity index (χ0) is 14.5. The maximum Gasteiger partial charge on any atom is 0.244 e. The molecule has 1 atom stereocenters. The summed E-state index contributed by atoms with van der Waals surface area (Å²) in [6.07, 6.45) is 2.00. The van der Waals surface area contributed by atoms with Crippen molar-refractivity contribution < 1.29 is 4.79 Å². The molecule has 110 valence electrons. The first-order valence-corrected chi connectivity index (χ1v) is 8.03. The Bertz CT molecular complexity index is 505. The highest BCUT2D eigenvalue weighted by atomic mass is 32.1. The van der Waals surface area contributed by atoms with Crippen molar-refractivity contribution in [3.63, 3.8) is 0 Å². The normalized spacial score (nSPS) is 24.9. The number of thiophene rings is 1. The van der Waals surface area contributed by atoms with E-state index in [-0.39, 0.29) is 23.2 Å². The molecule has 0 bridgehead atoms. The van der Waals surface area contributed by atoms with Crippen LogP contribution < -0.4 is 5.32 Å². The van der Waals surface area contributed by atoms with Gasteiger partial charge in [0.25, 0.3) is 0 Å². The lowest BCUT2D eigenvalue weighted by Gasteiger charge is -2.38. The third-order valence-corrected chi connectivity index (χ3v) is 5.65. The molecule has 0 aromatic carbocycles. The number of likely N-dealkylation sites (N-methyl/N-ethyl adjacent to an activating group) is 1. The second-order valence-electron chi connectivity index (χ2n) is 6.78. The molecule has 1 N–H and O–H groups in total. The highest BCUT2D eigenvalue weighted by Gasteiger charge is 2.60. The van der Waals surface area contributed by atoms with Crippen molar-refractivity contribution in [2.75, 3.05) is 20.6 Å². The van der Waals surface area contributed by atoms with Crippen LogP contribution in [-0.2, 0) is 4.79 Å². The van der Waals surface area contributed by atoms with E-state index in [1.165, 1.54) is 4.88 Å². The Labute approximate surface area is 124 Å². The number of nitrogens with one attached hydrogen (secondary N) is 1. The Morgan fingerprint density at radius 3 is 2.70 bits per heavy atom. The minimum atomic E-state index is -0.253. The zero-order valence-electron chi connectivity index (χ0n) is 12.6. The van der Waals surface area contributed by atoms with Gasteiger partial charge in [-0.2, -0.15) is 0 Å². The van der Waals surface area contributed by atoms with Crippen LogP contribution in [0.15, 0.2) is 17.5 Å². The van der Waals surface area contributed by atoms with Gasteiger partial charge in [0.2, 0.25) is 5.91 Å². The molecule has 2 fully saturated rings. The van der Waals surface area contributed by atoms with Crippen LogP contribution in [0, 0.1) is 0 Å². The monoisotopic (exact) mass is 293 g/mol. The number of rotatable bonds is 4. The quantitative estimate of drug-likeness (QED) is 0.923. The van der Waals surface area contributed by atoms with E-state index in [1.54, 1.807) is 11.3 Å². The highest BCUT2D eigenvalue weighted by Crippen LogP contribution is 2.47. The highest BCUT2D eigenvalue weighted by molar-refractivity contribution is 7.10. The minimum absolute atomic E-state index is 0.0345. The molecule has 1 aliphatic carbocycles. The van der Waals surface area contributed by atoms with Crippen molar-refractivity contribution in [1.82, 2.24) is 15.1 Å². The van der Waals surface area contributed by atoms with Gasteiger partial charge < -0.3 is 9.80 Å². The SMILES string of the molecule is CN(C)C(C)(C)CN1C(=O)C2(CC2)NC1c1cccs1. The summed E-state index contributed by atoms with van der Waals surface area (Å²) in [5.74, 6) is 0.283. The predicted molar refractivity (Wildman–Crippen MR) is 81.6 cm³/mol. The fourth-order valence-corrected chi connectivity index (χ4v) is 3.46. The van der Waals surface area contributed by atoms with Gasteiger partial charge in [-0.25, -0.2) is 0 Å². The molecular weight excluding hydrogens is 270 g/mol. The summed E-state index contributed by atoms with van der Waals surface area (Å²) in [5.41, 5.74) is -0.287. The van der Waals surface area contributed by atoms with E-state index in [4.69, 9.17) is 0 Å². The van der Waals surface area contributed by atoms with Gasteiger partial charge in [-0.1, -0.05) is 6.07 Å². The molecule has 5 heteroatoms. The number of carbonyl (C=O) groups excluding carboxylic acids is 1. The van der Waals surface area contributed by atoms with E-state index in [1.807, 2.05) is 4.90 Å². The molecule has 1 amide bonds. The van der Waals surface area contributed by atoms with E-state index < -0.39 is 0 Å². The van der Waals surface area contributed by atoms with Crippen molar-refractivity contribution in [3.05, 3.63) is 22.4 Å². The summed E-state index contributed by atoms with van der Waals surface area (Å²) in [7, 11) is 4.14. The van der Waals surface area contributed by atoms with Crippen molar-refractivity contribution in [2.24, 2.45) is 0 Å². The summed E-state index contributed by atoms with van der Waals surface area (Å²) in [4.78, 5) is 18.2. The second-order valence-corrected chi connectivity index (χ2v) is 7.76. The fraction of sp³-hybridized carbons (Fsp3) is 0.667. The van der Waals surface area contributed by atoms with Crippen LogP contribution in [-0.4, -0.2) is 47.4 Å². The standard InChI is InChI=1S/C15H23N3OS/c1-14(2,17(3)4)10-18-12(11-6-5-9-20-11)16-15(7-8-15)13(18)19/h5-6,9,12,16H,7-8,10H2,1-4H3. The Hall–Kier alpha value is -0.910. The molecule has 2 heterocycles. The molecule has 1 saturated heterocycles. The van der Waals surface area contributed by atoms with Gasteiger partial charge >= 0.3 is 0 Å². The van der Waals surface area contributed by atoms with Crippen LogP contribution in [0.3, 0.4) is 0 Å². The summed E-state index contributed by atoms with van der Waals surface area (Å²) >= 11 is 1.72. The van der Waals surface area contributed by atoms with Crippen LogP contribution in [0.5, 0.6) is 0 Å². The average molecular weight is 293 g/mol. The largest absolute Gasteiger partial charge is 0.319 e. The van der Waals surface area contributed by atoms with Gasteiger partial charge in [-0.15, -0.1) is 11.3 Å². The number of amides is 1. The maximum atomic E-state index is 12.7. The Morgan fingerprint density at radius 2 is 2.20 bits per heavy atom. The van der Waals surface area contributed by atoms with Gasteiger partial charge in [0.05, 0.1) is 0 Å². The molecule has 1 spiro atoms. The molecule has 2 aliphatic rings. The topological polar surface area (TPSA) is 35.6 Å². The van der Waals surface area contributed by atoms with Crippen molar-refractivity contribution in [3.8, 4) is 0 Å². The van der Waals surface area contributed by atoms with Crippen LogP contribution in [0.4, 0.5) is 0 Å². The summed E-state index contributed by atoms with van der Waals surface area (Å²) < 4.78 is 0. The Balaban J connectivity index is 1.87. The van der Waals surface area contributed by atoms with Crippen molar-refractivity contribution in [2.45, 2.75) is 43.9 Å². The molecule has 4 nitrogen and oxygen atoms in total. The molecule has 1 aliphatic heterocycles. The van der Waals surface area contributed by atoms with Crippen molar-refractivity contribution >= 4 is 17.2 Å². The van der Waals surface area contributed by atoms with Gasteiger partial charge in [0.15, 0.2) is 0 Å². The molecule has 1 unspecified atom stereocenters. The second kappa shape index (κ2) is 4.55. The lowest BCUT2D eigenvalue weighted by molar-refractivity contribution is -0.132. The first-order valence-electron chi connectivity index (χ1n) is 7.15. The van der Waals surface area contributed by atoms with E-state index in [9.17, 15) is 4.79 Å². The molecule has 3 rings (SSSR count). The van der Waals surface area contributed by atoms with Crippen LogP contribution in [0.1, 0.15) is 37.7 Å². The van der Waals surface area contributed by atoms with E-state index in [2.05, 4.69) is 55.7 Å². The smallest absolute Gasteiger partial charge is 0.244 e. The lowest BCUT2D eigenvalue weighted by Crippen LogP contribution is -2.50. The first-order chi connectivity index (χ1) is 9.36. The molecule has 20 heavy (non-hydrogen) atoms. The van der Waals surface area contributed by atoms with Gasteiger partial charge in [0.1, 0.15) is 11.7 Å². The van der Waals surface area contributed by atoms with E-state index in [0.717, 1.165) is 19.4 Å². The molecule has 1 saturated carbocycles. The van der Waals surface area contributed by atoms with Crippen molar-refractivity contribution in [1.29, 1.82) is 0 Å². The Kier molecular flexibility index (Phi) is 3.19. The fourth-order valence-electron chi connectivity index (χ4n) is 2.67. The Morgan fingerprint density at radius 1 is 1.50 bits per heavy atom. The van der Waals surface area contributed by atoms with Crippen LogP contribution in [0.25, 0.3) is 0 Å². The maximum absolute atomic E-state index is 12.7. The first kappa shape index (κ1) is 14.0. The number of nitrogens with zero attached hydrogens (tertiary/aromatic N) is 2. The number of carbonyl (C=O) groups is 1. The summed E-state index contributed by atoms with van der Waals surface area (Å²) in [6.45, 7) is 5.11. The lowest BCUT2D eigenvalue weighted by atomic mass is 10.0. The molecular formula is C15H23N3OS. The molecule has 1 aromatic rings. The average Bonchev–Trinajstić information content (AvgIpc) is 2.86. The third kappa shape index (κ3) is 2.18. The zero-order valence-corrected chi connectivity index (χ0v) is 13.5. The summed E-state index contributed by atoms with van der Waals surface area (Å²) in [5, 5.41) is 5.65. The van der Waals surface area contributed by atoms with Gasteiger partial charge in [0, 0.05) is 17.0 Å². The van der Waals surface area contributed by atoms with Gasteiger partial charge in [-0.05, 0) is 52.2 Å². The van der Waals surface area contributed by atoms with E-state index >= 15 is 0 Å².